The molecule has 0 unspecified atom stereocenters. The second-order valence-corrected chi connectivity index (χ2v) is 5.47. The predicted octanol–water partition coefficient (Wildman–Crippen LogP) is 2.07. The minimum Gasteiger partial charge on any atom is -0.496 e. The highest BCUT2D eigenvalue weighted by Gasteiger charge is 2.39. The molecule has 1 aromatic carbocycles. The Morgan fingerprint density at radius 3 is 2.80 bits per heavy atom. The standard InChI is InChI=1S/C15H23N3O2/c1-3-15(6-7-15)10-17-9-12-8-11(14(16)18-19)4-5-13(12)20-2/h4-5,8,17,19H,3,6-7,9-10H2,1-2H3,(H2,16,18). The molecule has 110 valence electrons. The molecule has 4 N–H and O–H groups in total. The average Bonchev–Trinajstić information content (AvgIpc) is 3.27. The van der Waals surface area contributed by atoms with Crippen molar-refractivity contribution in [2.45, 2.75) is 32.7 Å². The van der Waals surface area contributed by atoms with Crippen molar-refractivity contribution in [3.8, 4) is 5.75 Å². The molecule has 0 amide bonds. The summed E-state index contributed by atoms with van der Waals surface area (Å²) in [7, 11) is 1.65. The van der Waals surface area contributed by atoms with Crippen molar-refractivity contribution in [3.63, 3.8) is 0 Å². The summed E-state index contributed by atoms with van der Waals surface area (Å²) in [4.78, 5) is 0. The lowest BCUT2D eigenvalue weighted by Gasteiger charge is -2.15. The molecule has 0 radical (unpaired) electrons. The van der Waals surface area contributed by atoms with Gasteiger partial charge in [0.2, 0.25) is 0 Å². The van der Waals surface area contributed by atoms with E-state index in [0.717, 1.165) is 24.4 Å². The van der Waals surface area contributed by atoms with Gasteiger partial charge < -0.3 is 21.0 Å². The number of rotatable bonds is 7. The molecule has 20 heavy (non-hydrogen) atoms. The van der Waals surface area contributed by atoms with E-state index >= 15 is 0 Å². The highest BCUT2D eigenvalue weighted by Crippen LogP contribution is 2.47. The number of oxime groups is 1. The minimum absolute atomic E-state index is 0.112. The summed E-state index contributed by atoms with van der Waals surface area (Å²) in [6.07, 6.45) is 3.86. The SMILES string of the molecule is CCC1(CNCc2cc(/C(N)=N/O)ccc2OC)CC1. The van der Waals surface area contributed by atoms with Crippen molar-refractivity contribution < 1.29 is 9.94 Å². The van der Waals surface area contributed by atoms with Gasteiger partial charge in [0.1, 0.15) is 5.75 Å². The Bertz CT molecular complexity index is 496. The maximum absolute atomic E-state index is 8.74. The summed E-state index contributed by atoms with van der Waals surface area (Å²) in [5.74, 6) is 0.925. The van der Waals surface area contributed by atoms with Crippen LogP contribution in [0.15, 0.2) is 23.4 Å². The quantitative estimate of drug-likeness (QED) is 0.308. The summed E-state index contributed by atoms with van der Waals surface area (Å²) in [6.45, 7) is 3.99. The number of amidine groups is 1. The molecular weight excluding hydrogens is 254 g/mol. The van der Waals surface area contributed by atoms with Gasteiger partial charge in [-0.25, -0.2) is 0 Å². The van der Waals surface area contributed by atoms with E-state index < -0.39 is 0 Å². The molecule has 0 aliphatic heterocycles. The zero-order valence-corrected chi connectivity index (χ0v) is 12.1. The van der Waals surface area contributed by atoms with Gasteiger partial charge in [-0.2, -0.15) is 0 Å². The number of benzene rings is 1. The Kier molecular flexibility index (Phi) is 4.49. The lowest BCUT2D eigenvalue weighted by Crippen LogP contribution is -2.23. The minimum atomic E-state index is 0.112. The Balaban J connectivity index is 2.04. The third-order valence-corrected chi connectivity index (χ3v) is 4.21. The van der Waals surface area contributed by atoms with Crippen molar-refractivity contribution in [1.82, 2.24) is 5.32 Å². The van der Waals surface area contributed by atoms with Gasteiger partial charge in [0, 0.05) is 24.2 Å². The zero-order chi connectivity index (χ0) is 14.6. The number of hydrogen-bond acceptors (Lipinski definition) is 4. The molecule has 1 aliphatic rings. The number of hydrogen-bond donors (Lipinski definition) is 3. The van der Waals surface area contributed by atoms with Crippen molar-refractivity contribution in [1.29, 1.82) is 0 Å². The summed E-state index contributed by atoms with van der Waals surface area (Å²) < 4.78 is 5.36. The molecular formula is C15H23N3O2. The maximum atomic E-state index is 8.74. The second kappa shape index (κ2) is 6.13. The van der Waals surface area contributed by atoms with Crippen LogP contribution in [0, 0.1) is 5.41 Å². The fourth-order valence-electron chi connectivity index (χ4n) is 2.43. The number of nitrogens with zero attached hydrogens (tertiary/aromatic N) is 1. The maximum Gasteiger partial charge on any atom is 0.170 e. The van der Waals surface area contributed by atoms with Crippen LogP contribution in [0.5, 0.6) is 5.75 Å². The lowest BCUT2D eigenvalue weighted by atomic mass is 10.0. The van der Waals surface area contributed by atoms with E-state index in [-0.39, 0.29) is 5.84 Å². The second-order valence-electron chi connectivity index (χ2n) is 5.47. The largest absolute Gasteiger partial charge is 0.496 e. The van der Waals surface area contributed by atoms with Gasteiger partial charge in [0.25, 0.3) is 0 Å². The van der Waals surface area contributed by atoms with E-state index in [1.54, 1.807) is 13.2 Å². The Morgan fingerprint density at radius 1 is 1.50 bits per heavy atom. The smallest absolute Gasteiger partial charge is 0.170 e. The monoisotopic (exact) mass is 277 g/mol. The van der Waals surface area contributed by atoms with Gasteiger partial charge in [-0.15, -0.1) is 0 Å². The Hall–Kier alpha value is -1.75. The van der Waals surface area contributed by atoms with Crippen molar-refractivity contribution >= 4 is 5.84 Å². The summed E-state index contributed by atoms with van der Waals surface area (Å²) in [5.41, 5.74) is 7.85. The first kappa shape index (κ1) is 14.7. The molecule has 2 rings (SSSR count). The molecule has 0 atom stereocenters. The van der Waals surface area contributed by atoms with Gasteiger partial charge in [-0.1, -0.05) is 12.1 Å². The molecule has 0 bridgehead atoms. The Morgan fingerprint density at radius 2 is 2.25 bits per heavy atom. The highest BCUT2D eigenvalue weighted by atomic mass is 16.5. The molecule has 0 spiro atoms. The molecule has 5 nitrogen and oxygen atoms in total. The number of nitrogens with two attached hydrogens (primary N) is 1. The number of ether oxygens (including phenoxy) is 1. The summed E-state index contributed by atoms with van der Waals surface area (Å²) in [5, 5.41) is 15.3. The zero-order valence-electron chi connectivity index (χ0n) is 12.1. The molecule has 0 heterocycles. The first-order valence-electron chi connectivity index (χ1n) is 6.99. The van der Waals surface area contributed by atoms with E-state index in [1.165, 1.54) is 19.3 Å². The number of nitrogens with one attached hydrogen (secondary N) is 1. The number of methoxy groups -OCH3 is 1. The van der Waals surface area contributed by atoms with E-state index in [9.17, 15) is 0 Å². The summed E-state index contributed by atoms with van der Waals surface area (Å²) in [6, 6.07) is 5.52. The highest BCUT2D eigenvalue weighted by molar-refractivity contribution is 5.97. The molecule has 1 aromatic rings. The summed E-state index contributed by atoms with van der Waals surface area (Å²) >= 11 is 0. The van der Waals surface area contributed by atoms with Crippen LogP contribution in [0.3, 0.4) is 0 Å². The van der Waals surface area contributed by atoms with E-state index in [4.69, 9.17) is 15.7 Å². The average molecular weight is 277 g/mol. The fraction of sp³-hybridized carbons (Fsp3) is 0.533. The molecule has 5 heteroatoms. The normalized spacial score (nSPS) is 17.0. The third kappa shape index (κ3) is 3.22. The van der Waals surface area contributed by atoms with Gasteiger partial charge in [-0.3, -0.25) is 0 Å². The topological polar surface area (TPSA) is 79.9 Å². The molecule has 0 saturated heterocycles. The van der Waals surface area contributed by atoms with Crippen molar-refractivity contribution in [3.05, 3.63) is 29.3 Å². The lowest BCUT2D eigenvalue weighted by molar-refractivity contribution is 0.318. The van der Waals surface area contributed by atoms with Gasteiger partial charge in [0.05, 0.1) is 7.11 Å². The third-order valence-electron chi connectivity index (χ3n) is 4.21. The molecule has 1 saturated carbocycles. The van der Waals surface area contributed by atoms with Gasteiger partial charge in [-0.05, 0) is 42.9 Å². The van der Waals surface area contributed by atoms with Crippen LogP contribution < -0.4 is 15.8 Å². The van der Waals surface area contributed by atoms with Crippen LogP contribution in [0.2, 0.25) is 0 Å². The van der Waals surface area contributed by atoms with Crippen LogP contribution in [0.1, 0.15) is 37.3 Å². The van der Waals surface area contributed by atoms with Crippen molar-refractivity contribution in [2.75, 3.05) is 13.7 Å². The van der Waals surface area contributed by atoms with Crippen molar-refractivity contribution in [2.24, 2.45) is 16.3 Å². The molecule has 1 aliphatic carbocycles. The van der Waals surface area contributed by atoms with Gasteiger partial charge in [0.15, 0.2) is 5.84 Å². The molecule has 1 fully saturated rings. The van der Waals surface area contributed by atoms with E-state index in [0.29, 0.717) is 11.0 Å². The predicted molar refractivity (Wildman–Crippen MR) is 79.2 cm³/mol. The van der Waals surface area contributed by atoms with Crippen LogP contribution >= 0.6 is 0 Å². The first-order valence-corrected chi connectivity index (χ1v) is 6.99. The Labute approximate surface area is 119 Å². The molecule has 0 aromatic heterocycles. The van der Waals surface area contributed by atoms with Crippen LogP contribution in [0.25, 0.3) is 0 Å². The fourth-order valence-corrected chi connectivity index (χ4v) is 2.43. The van der Waals surface area contributed by atoms with E-state index in [2.05, 4.69) is 17.4 Å². The first-order chi connectivity index (χ1) is 9.64. The van der Waals surface area contributed by atoms with Crippen LogP contribution in [-0.2, 0) is 6.54 Å². The van der Waals surface area contributed by atoms with Crippen LogP contribution in [-0.4, -0.2) is 24.7 Å². The van der Waals surface area contributed by atoms with Crippen LogP contribution in [0.4, 0.5) is 0 Å². The van der Waals surface area contributed by atoms with Gasteiger partial charge >= 0.3 is 0 Å². The van der Waals surface area contributed by atoms with E-state index in [1.807, 2.05) is 12.1 Å².